The fraction of sp³-hybridized carbons (Fsp3) is 0.0857. The number of benzene rings is 2. The topological polar surface area (TPSA) is 120 Å². The van der Waals surface area contributed by atoms with E-state index in [0.717, 1.165) is 61.6 Å². The van der Waals surface area contributed by atoms with E-state index in [1.165, 1.54) is 0 Å². The lowest BCUT2D eigenvalue weighted by molar-refractivity contribution is 0.539. The zero-order valence-electron chi connectivity index (χ0n) is 25.7. The summed E-state index contributed by atoms with van der Waals surface area (Å²) in [5.74, 6) is 2.44. The van der Waals surface area contributed by atoms with E-state index in [-0.39, 0.29) is 17.5 Å². The molecule has 232 valence electrons. The predicted molar refractivity (Wildman–Crippen MR) is 183 cm³/mol. The van der Waals surface area contributed by atoms with E-state index in [2.05, 4.69) is 20.6 Å². The molecule has 0 unspecified atom stereocenters. The van der Waals surface area contributed by atoms with Gasteiger partial charge in [0.1, 0.15) is 18.0 Å². The molecule has 1 aliphatic heterocycles. The van der Waals surface area contributed by atoms with Gasteiger partial charge in [0.25, 0.3) is 0 Å². The molecule has 1 atom stereocenters. The molecule has 0 amide bonds. The van der Waals surface area contributed by atoms with Gasteiger partial charge >= 0.3 is 6.08 Å². The second kappa shape index (κ2) is 9.69. The first-order chi connectivity index (χ1) is 23.5. The maximum Gasteiger partial charge on any atom is 0.315 e. The summed E-state index contributed by atoms with van der Waals surface area (Å²) < 4.78 is 22.8. The van der Waals surface area contributed by atoms with Crippen LogP contribution in [0.2, 0.25) is 0 Å². The minimum absolute atomic E-state index is 0.150. The zero-order valence-corrected chi connectivity index (χ0v) is 25.7. The standard InChI is InChI=1S/C35H25FN12/c1-45-15-5-11-26(45)39-23-8-3-7-22-28(23)21(17-37-22)29-19-13-14-20-30(19)48-34(41-29)43-33(36)44-35(48)42-32(20)47-18-38-24-9-4-10-25(31(24)47)40-27-12-6-16-46(27)2/h3-18,21,39-40H,1-2H3/t21-/m0/s1. The molecule has 0 spiro atoms. The van der Waals surface area contributed by atoms with Crippen LogP contribution in [0, 0.1) is 6.08 Å². The Morgan fingerprint density at radius 3 is 2.19 bits per heavy atom. The number of hydrogen-bond acceptors (Lipinski definition) is 8. The van der Waals surface area contributed by atoms with Gasteiger partial charge in [0.05, 0.1) is 39.5 Å². The minimum Gasteiger partial charge on any atom is -0.341 e. The number of hydrogen-bond donors (Lipinski definition) is 2. The van der Waals surface area contributed by atoms with Crippen LogP contribution in [0.3, 0.4) is 0 Å². The number of anilines is 4. The number of fused-ring (bicyclic) bond motifs is 2. The molecule has 1 aliphatic rings. The number of nitrogens with zero attached hydrogens (tertiary/aromatic N) is 10. The molecule has 2 N–H and O–H groups in total. The number of imidazole rings is 1. The summed E-state index contributed by atoms with van der Waals surface area (Å²) in [5, 5.41) is 8.79. The largest absolute Gasteiger partial charge is 0.341 e. The van der Waals surface area contributed by atoms with Crippen LogP contribution in [0.4, 0.5) is 33.1 Å². The molecule has 9 aromatic rings. The van der Waals surface area contributed by atoms with Crippen molar-refractivity contribution in [2.75, 3.05) is 10.6 Å². The zero-order chi connectivity index (χ0) is 32.1. The van der Waals surface area contributed by atoms with Crippen LogP contribution in [-0.4, -0.2) is 49.2 Å². The SMILES string of the molecule is Cn1cccc1Nc1cccc2c1[C@@H](c1nc3nc(F)nc4nc(-n5cnc6cccc(Nc7cccn7C)c65)c5ccc1c5n34)C=N2. The lowest BCUT2D eigenvalue weighted by Gasteiger charge is -2.19. The van der Waals surface area contributed by atoms with Gasteiger partial charge in [0, 0.05) is 54.7 Å². The van der Waals surface area contributed by atoms with E-state index >= 15 is 4.39 Å². The Bertz CT molecular complexity index is 2750. The second-order valence-corrected chi connectivity index (χ2v) is 11.9. The summed E-state index contributed by atoms with van der Waals surface area (Å²) in [6.07, 6.45) is 6.70. The van der Waals surface area contributed by atoms with Crippen molar-refractivity contribution in [1.82, 2.24) is 43.0 Å². The number of para-hydroxylation sites is 1. The Kier molecular flexibility index (Phi) is 5.36. The molecule has 10 rings (SSSR count). The van der Waals surface area contributed by atoms with Crippen molar-refractivity contribution in [3.63, 3.8) is 0 Å². The summed E-state index contributed by atoms with van der Waals surface area (Å²) in [7, 11) is 3.97. The molecule has 48 heavy (non-hydrogen) atoms. The van der Waals surface area contributed by atoms with E-state index in [1.807, 2.05) is 119 Å². The average Bonchev–Trinajstić information content (AvgIpc) is 3.92. The molecule has 6 aromatic heterocycles. The summed E-state index contributed by atoms with van der Waals surface area (Å²) in [6.45, 7) is 0. The van der Waals surface area contributed by atoms with Gasteiger partial charge in [-0.1, -0.05) is 18.2 Å². The van der Waals surface area contributed by atoms with Crippen molar-refractivity contribution in [3.8, 4) is 5.82 Å². The van der Waals surface area contributed by atoms with Crippen molar-refractivity contribution in [3.05, 3.63) is 109 Å². The molecule has 0 bridgehead atoms. The first-order valence-electron chi connectivity index (χ1n) is 15.4. The van der Waals surface area contributed by atoms with Crippen molar-refractivity contribution in [2.24, 2.45) is 19.1 Å². The average molecular weight is 633 g/mol. The molecule has 0 aliphatic carbocycles. The third-order valence-electron chi connectivity index (χ3n) is 9.14. The molecule has 0 saturated carbocycles. The molecule has 3 aromatic carbocycles. The number of rotatable bonds is 6. The van der Waals surface area contributed by atoms with Crippen LogP contribution < -0.4 is 10.6 Å². The number of aromatic nitrogens is 9. The lowest BCUT2D eigenvalue weighted by Crippen LogP contribution is -2.13. The van der Waals surface area contributed by atoms with Gasteiger partial charge in [0.2, 0.25) is 11.6 Å². The second-order valence-electron chi connectivity index (χ2n) is 11.9. The number of aliphatic imine (C=N–C) groups is 1. The highest BCUT2D eigenvalue weighted by molar-refractivity contribution is 6.07. The van der Waals surface area contributed by atoms with Crippen LogP contribution in [0.25, 0.3) is 44.7 Å². The van der Waals surface area contributed by atoms with Gasteiger partial charge < -0.3 is 19.8 Å². The van der Waals surface area contributed by atoms with Gasteiger partial charge in [-0.15, -0.1) is 0 Å². The molecule has 7 heterocycles. The Morgan fingerprint density at radius 1 is 0.708 bits per heavy atom. The fourth-order valence-corrected chi connectivity index (χ4v) is 6.89. The Hall–Kier alpha value is -6.63. The lowest BCUT2D eigenvalue weighted by atomic mass is 9.93. The third-order valence-corrected chi connectivity index (χ3v) is 9.14. The summed E-state index contributed by atoms with van der Waals surface area (Å²) in [4.78, 5) is 27.6. The quantitative estimate of drug-likeness (QED) is 0.208. The number of aryl methyl sites for hydroxylation is 2. The normalized spacial score (nSPS) is 14.3. The molecular weight excluding hydrogens is 607 g/mol. The van der Waals surface area contributed by atoms with E-state index in [0.29, 0.717) is 11.5 Å². The van der Waals surface area contributed by atoms with Crippen LogP contribution in [0.5, 0.6) is 0 Å². The van der Waals surface area contributed by atoms with Crippen molar-refractivity contribution in [1.29, 1.82) is 0 Å². The molecular formula is C35H25FN12. The smallest absolute Gasteiger partial charge is 0.315 e. The summed E-state index contributed by atoms with van der Waals surface area (Å²) in [6, 6.07) is 24.0. The molecule has 13 heteroatoms. The van der Waals surface area contributed by atoms with Crippen molar-refractivity contribution in [2.45, 2.75) is 5.92 Å². The van der Waals surface area contributed by atoms with Crippen molar-refractivity contribution >= 4 is 73.8 Å². The monoisotopic (exact) mass is 632 g/mol. The van der Waals surface area contributed by atoms with E-state index < -0.39 is 6.08 Å². The Labute approximate surface area is 271 Å². The molecule has 0 radical (unpaired) electrons. The van der Waals surface area contributed by atoms with Gasteiger partial charge in [-0.3, -0.25) is 9.56 Å². The Balaban J connectivity index is 1.20. The van der Waals surface area contributed by atoms with E-state index in [9.17, 15) is 0 Å². The molecule has 0 saturated heterocycles. The van der Waals surface area contributed by atoms with Crippen molar-refractivity contribution < 1.29 is 4.39 Å². The third kappa shape index (κ3) is 3.75. The summed E-state index contributed by atoms with van der Waals surface area (Å²) in [5.41, 5.74) is 6.71. The predicted octanol–water partition coefficient (Wildman–Crippen LogP) is 6.75. The Morgan fingerprint density at radius 2 is 1.42 bits per heavy atom. The highest BCUT2D eigenvalue weighted by Crippen LogP contribution is 2.45. The maximum atomic E-state index is 15.1. The highest BCUT2D eigenvalue weighted by Gasteiger charge is 2.30. The fourth-order valence-electron chi connectivity index (χ4n) is 6.89. The van der Waals surface area contributed by atoms with E-state index in [1.54, 1.807) is 10.7 Å². The van der Waals surface area contributed by atoms with Gasteiger partial charge in [0.15, 0.2) is 5.82 Å². The first kappa shape index (κ1) is 26.6. The van der Waals surface area contributed by atoms with Crippen LogP contribution in [0.15, 0.2) is 96.5 Å². The van der Waals surface area contributed by atoms with E-state index in [4.69, 9.17) is 19.9 Å². The van der Waals surface area contributed by atoms with Crippen LogP contribution >= 0.6 is 0 Å². The number of nitrogens with one attached hydrogen (secondary N) is 2. The first-order valence-corrected chi connectivity index (χ1v) is 15.4. The van der Waals surface area contributed by atoms with Gasteiger partial charge in [-0.2, -0.15) is 19.3 Å². The molecule has 0 fully saturated rings. The molecule has 12 nitrogen and oxygen atoms in total. The maximum absolute atomic E-state index is 15.1. The van der Waals surface area contributed by atoms with Crippen LogP contribution in [0.1, 0.15) is 17.2 Å². The summed E-state index contributed by atoms with van der Waals surface area (Å²) >= 11 is 0. The van der Waals surface area contributed by atoms with Crippen LogP contribution in [-0.2, 0) is 14.1 Å². The number of halogens is 1. The minimum atomic E-state index is -0.908. The van der Waals surface area contributed by atoms with Gasteiger partial charge in [-0.25, -0.2) is 14.4 Å². The highest BCUT2D eigenvalue weighted by atomic mass is 19.1. The van der Waals surface area contributed by atoms with Gasteiger partial charge in [-0.05, 0) is 54.6 Å².